The Kier molecular flexibility index (Phi) is 7.30. The van der Waals surface area contributed by atoms with Crippen LogP contribution >= 0.6 is 0 Å². The Balaban J connectivity index is 1.22. The first-order valence-electron chi connectivity index (χ1n) is 11.7. The maximum absolute atomic E-state index is 12.3. The van der Waals surface area contributed by atoms with Gasteiger partial charge in [-0.05, 0) is 41.0 Å². The number of hydrogen-bond donors (Lipinski definition) is 3. The number of carboxylic acid groups (broad SMARTS) is 1. The van der Waals surface area contributed by atoms with Crippen molar-refractivity contribution in [1.82, 2.24) is 10.6 Å². The molecular formula is C27H30N2O5. The number of aliphatic carboxylic acids is 1. The molecule has 0 aromatic heterocycles. The lowest BCUT2D eigenvalue weighted by Gasteiger charge is -2.23. The number of carbonyl (C=O) groups excluding carboxylic acids is 2. The van der Waals surface area contributed by atoms with Gasteiger partial charge in [-0.15, -0.1) is 0 Å². The molecule has 7 nitrogen and oxygen atoms in total. The minimum Gasteiger partial charge on any atom is -0.481 e. The van der Waals surface area contributed by atoms with E-state index in [1.807, 2.05) is 37.3 Å². The molecule has 0 fully saturated rings. The Morgan fingerprint density at radius 2 is 1.71 bits per heavy atom. The number of rotatable bonds is 8. The number of carboxylic acids is 1. The highest BCUT2D eigenvalue weighted by atomic mass is 16.5. The Labute approximate surface area is 199 Å². The molecular weight excluding hydrogens is 432 g/mol. The van der Waals surface area contributed by atoms with Crippen molar-refractivity contribution < 1.29 is 24.2 Å². The first kappa shape index (κ1) is 23.5. The summed E-state index contributed by atoms with van der Waals surface area (Å²) < 4.78 is 5.54. The van der Waals surface area contributed by atoms with Crippen LogP contribution in [0.15, 0.2) is 60.7 Å². The Morgan fingerprint density at radius 3 is 2.35 bits per heavy atom. The van der Waals surface area contributed by atoms with Crippen LogP contribution in [0, 0.1) is 11.8 Å². The monoisotopic (exact) mass is 462 g/mol. The largest absolute Gasteiger partial charge is 0.481 e. The molecule has 3 atom stereocenters. The summed E-state index contributed by atoms with van der Waals surface area (Å²) in [7, 11) is 0. The average Bonchev–Trinajstić information content (AvgIpc) is 3.15. The van der Waals surface area contributed by atoms with Crippen LogP contribution in [0.25, 0.3) is 11.1 Å². The van der Waals surface area contributed by atoms with Crippen LogP contribution in [0.3, 0.4) is 0 Å². The molecule has 0 spiro atoms. The van der Waals surface area contributed by atoms with Crippen LogP contribution in [0.2, 0.25) is 0 Å². The SMILES string of the molecule is CC(CNC(=O)OCC1c2ccccc2-c2ccccc21)CC(=O)N[C@H]1C=CC[C@H](C(=O)O)C1. The van der Waals surface area contributed by atoms with Crippen molar-refractivity contribution in [2.75, 3.05) is 13.2 Å². The smallest absolute Gasteiger partial charge is 0.407 e. The lowest BCUT2D eigenvalue weighted by Crippen LogP contribution is -2.39. The molecule has 3 N–H and O–H groups in total. The Morgan fingerprint density at radius 1 is 1.06 bits per heavy atom. The highest BCUT2D eigenvalue weighted by Crippen LogP contribution is 2.44. The van der Waals surface area contributed by atoms with Crippen LogP contribution in [0.1, 0.15) is 43.2 Å². The van der Waals surface area contributed by atoms with Crippen LogP contribution < -0.4 is 10.6 Å². The topological polar surface area (TPSA) is 105 Å². The van der Waals surface area contributed by atoms with Gasteiger partial charge in [-0.25, -0.2) is 4.79 Å². The molecule has 0 saturated heterocycles. The van der Waals surface area contributed by atoms with Gasteiger partial charge < -0.3 is 20.5 Å². The summed E-state index contributed by atoms with van der Waals surface area (Å²) in [6, 6.07) is 16.1. The van der Waals surface area contributed by atoms with Crippen LogP contribution in [-0.2, 0) is 14.3 Å². The van der Waals surface area contributed by atoms with E-state index >= 15 is 0 Å². The third-order valence-electron chi connectivity index (χ3n) is 6.50. The first-order chi connectivity index (χ1) is 16.4. The van der Waals surface area contributed by atoms with E-state index in [-0.39, 0.29) is 36.8 Å². The quantitative estimate of drug-likeness (QED) is 0.513. The minimum atomic E-state index is -0.843. The van der Waals surface area contributed by atoms with E-state index in [1.54, 1.807) is 6.08 Å². The number of benzene rings is 2. The molecule has 2 amide bonds. The molecule has 178 valence electrons. The zero-order valence-electron chi connectivity index (χ0n) is 19.2. The van der Waals surface area contributed by atoms with Crippen molar-refractivity contribution in [2.24, 2.45) is 11.8 Å². The number of amides is 2. The van der Waals surface area contributed by atoms with Crippen molar-refractivity contribution >= 4 is 18.0 Å². The maximum atomic E-state index is 12.3. The highest BCUT2D eigenvalue weighted by Gasteiger charge is 2.29. The van der Waals surface area contributed by atoms with Crippen molar-refractivity contribution in [3.05, 3.63) is 71.8 Å². The lowest BCUT2D eigenvalue weighted by atomic mass is 9.91. The standard InChI is InChI=1S/C27H30N2O5/c1-17(13-25(30)29-19-8-6-7-18(14-19)26(31)32)15-28-27(33)34-16-24-22-11-4-2-9-20(22)21-10-3-5-12-23(21)24/h2-6,8-12,17-19,24H,7,13-16H2,1H3,(H,28,33)(H,29,30)(H,31,32)/t17?,18-,19-/m0/s1. The van der Waals surface area contributed by atoms with Gasteiger partial charge in [0.1, 0.15) is 6.61 Å². The van der Waals surface area contributed by atoms with E-state index < -0.39 is 18.0 Å². The summed E-state index contributed by atoms with van der Waals surface area (Å²) in [4.78, 5) is 35.8. The number of carbonyl (C=O) groups is 3. The van der Waals surface area contributed by atoms with Gasteiger partial charge in [0.2, 0.25) is 5.91 Å². The normalized spacial score (nSPS) is 19.6. The molecule has 2 aliphatic rings. The molecule has 0 aliphatic heterocycles. The summed E-state index contributed by atoms with van der Waals surface area (Å²) >= 11 is 0. The predicted molar refractivity (Wildman–Crippen MR) is 128 cm³/mol. The van der Waals surface area contributed by atoms with Crippen molar-refractivity contribution in [1.29, 1.82) is 0 Å². The van der Waals surface area contributed by atoms with Gasteiger partial charge >= 0.3 is 12.1 Å². The Bertz CT molecular complexity index is 1050. The van der Waals surface area contributed by atoms with Crippen molar-refractivity contribution in [2.45, 2.75) is 38.1 Å². The van der Waals surface area contributed by atoms with E-state index in [4.69, 9.17) is 9.84 Å². The summed E-state index contributed by atoms with van der Waals surface area (Å²) in [5, 5.41) is 14.8. The number of ether oxygens (including phenoxy) is 1. The fourth-order valence-electron chi connectivity index (χ4n) is 4.76. The van der Waals surface area contributed by atoms with Crippen LogP contribution in [0.4, 0.5) is 4.79 Å². The first-order valence-corrected chi connectivity index (χ1v) is 11.7. The van der Waals surface area contributed by atoms with Crippen LogP contribution in [0.5, 0.6) is 0 Å². The fraction of sp³-hybridized carbons (Fsp3) is 0.370. The van der Waals surface area contributed by atoms with E-state index in [9.17, 15) is 14.4 Å². The zero-order chi connectivity index (χ0) is 24.1. The molecule has 0 saturated carbocycles. The maximum Gasteiger partial charge on any atom is 0.407 e. The van der Waals surface area contributed by atoms with Gasteiger partial charge in [0, 0.05) is 24.9 Å². The molecule has 34 heavy (non-hydrogen) atoms. The van der Waals surface area contributed by atoms with Crippen molar-refractivity contribution in [3.8, 4) is 11.1 Å². The molecule has 0 radical (unpaired) electrons. The second-order valence-corrected chi connectivity index (χ2v) is 9.12. The van der Waals surface area contributed by atoms with Crippen molar-refractivity contribution in [3.63, 3.8) is 0 Å². The number of nitrogens with one attached hydrogen (secondary N) is 2. The number of fused-ring (bicyclic) bond motifs is 3. The minimum absolute atomic E-state index is 0.000437. The van der Waals surface area contributed by atoms with Gasteiger partial charge in [-0.3, -0.25) is 9.59 Å². The molecule has 2 aliphatic carbocycles. The van der Waals surface area contributed by atoms with E-state index in [0.717, 1.165) is 11.1 Å². The average molecular weight is 463 g/mol. The number of hydrogen-bond acceptors (Lipinski definition) is 4. The van der Waals surface area contributed by atoms with Gasteiger partial charge in [-0.1, -0.05) is 67.6 Å². The molecule has 1 unspecified atom stereocenters. The summed E-state index contributed by atoms with van der Waals surface area (Å²) in [6.07, 6.45) is 4.25. The van der Waals surface area contributed by atoms with Gasteiger partial charge in [0.05, 0.1) is 5.92 Å². The zero-order valence-corrected chi connectivity index (χ0v) is 19.2. The highest BCUT2D eigenvalue weighted by molar-refractivity contribution is 5.79. The summed E-state index contributed by atoms with van der Waals surface area (Å²) in [6.45, 7) is 2.43. The fourth-order valence-corrected chi connectivity index (χ4v) is 4.76. The second kappa shape index (κ2) is 10.5. The molecule has 0 bridgehead atoms. The molecule has 2 aromatic carbocycles. The van der Waals surface area contributed by atoms with E-state index in [0.29, 0.717) is 19.4 Å². The predicted octanol–water partition coefficient (Wildman–Crippen LogP) is 4.09. The molecule has 4 rings (SSSR count). The van der Waals surface area contributed by atoms with Crippen LogP contribution in [-0.4, -0.2) is 42.3 Å². The summed E-state index contributed by atoms with van der Waals surface area (Å²) in [5.74, 6) is -1.57. The van der Waals surface area contributed by atoms with Gasteiger partial charge in [0.15, 0.2) is 0 Å². The molecule has 7 heteroatoms. The third kappa shape index (κ3) is 5.47. The Hall–Kier alpha value is -3.61. The summed E-state index contributed by atoms with van der Waals surface area (Å²) in [5.41, 5.74) is 4.66. The van der Waals surface area contributed by atoms with E-state index in [2.05, 4.69) is 34.9 Å². The number of alkyl carbamates (subject to hydrolysis) is 1. The third-order valence-corrected chi connectivity index (χ3v) is 6.50. The lowest BCUT2D eigenvalue weighted by molar-refractivity contribution is -0.142. The van der Waals surface area contributed by atoms with E-state index in [1.165, 1.54) is 11.1 Å². The van der Waals surface area contributed by atoms with Gasteiger partial charge in [0.25, 0.3) is 0 Å². The molecule has 0 heterocycles. The van der Waals surface area contributed by atoms with Gasteiger partial charge in [-0.2, -0.15) is 0 Å². The number of allylic oxidation sites excluding steroid dienone is 1. The molecule has 2 aromatic rings. The second-order valence-electron chi connectivity index (χ2n) is 9.12.